The zero-order valence-electron chi connectivity index (χ0n) is 7.11. The van der Waals surface area contributed by atoms with Crippen LogP contribution in [0.4, 0.5) is 0 Å². The standard InChI is InChI=1S/C10H6BrNOS/c11-10-9(14-8(6-13)12-10)7-4-2-1-3-5-7/h1-6H. The molecule has 0 bridgehead atoms. The van der Waals surface area contributed by atoms with E-state index in [0.29, 0.717) is 5.01 Å². The summed E-state index contributed by atoms with van der Waals surface area (Å²) in [4.78, 5) is 15.6. The Morgan fingerprint density at radius 2 is 2.00 bits per heavy atom. The number of hydrogen-bond acceptors (Lipinski definition) is 3. The molecule has 0 aliphatic carbocycles. The minimum atomic E-state index is 0.496. The zero-order valence-corrected chi connectivity index (χ0v) is 9.51. The summed E-state index contributed by atoms with van der Waals surface area (Å²) in [6.07, 6.45) is 0.766. The highest BCUT2D eigenvalue weighted by molar-refractivity contribution is 9.10. The predicted molar refractivity (Wildman–Crippen MR) is 60.6 cm³/mol. The summed E-state index contributed by atoms with van der Waals surface area (Å²) in [5.74, 6) is 0. The normalized spacial score (nSPS) is 10.1. The van der Waals surface area contributed by atoms with Crippen LogP contribution in [0.3, 0.4) is 0 Å². The fourth-order valence-corrected chi connectivity index (χ4v) is 2.69. The Bertz CT molecular complexity index is 452. The topological polar surface area (TPSA) is 30.0 Å². The van der Waals surface area contributed by atoms with Crippen molar-refractivity contribution in [1.29, 1.82) is 0 Å². The van der Waals surface area contributed by atoms with Crippen molar-refractivity contribution in [2.75, 3.05) is 0 Å². The third-order valence-corrected chi connectivity index (χ3v) is 3.61. The molecular formula is C10H6BrNOS. The minimum absolute atomic E-state index is 0.496. The van der Waals surface area contributed by atoms with Crippen LogP contribution in [0.15, 0.2) is 34.9 Å². The number of benzene rings is 1. The van der Waals surface area contributed by atoms with Gasteiger partial charge in [0.15, 0.2) is 11.3 Å². The molecule has 1 heterocycles. The third kappa shape index (κ3) is 1.76. The maximum atomic E-state index is 10.5. The van der Waals surface area contributed by atoms with Gasteiger partial charge in [0, 0.05) is 0 Å². The number of aldehydes is 1. The Balaban J connectivity index is 2.51. The van der Waals surface area contributed by atoms with E-state index in [9.17, 15) is 4.79 Å². The predicted octanol–water partition coefficient (Wildman–Crippen LogP) is 3.39. The maximum Gasteiger partial charge on any atom is 0.178 e. The van der Waals surface area contributed by atoms with Gasteiger partial charge < -0.3 is 0 Å². The number of carbonyl (C=O) groups excluding carboxylic acids is 1. The van der Waals surface area contributed by atoms with Gasteiger partial charge in [0.05, 0.1) is 4.88 Å². The average molecular weight is 268 g/mol. The monoisotopic (exact) mass is 267 g/mol. The van der Waals surface area contributed by atoms with E-state index in [4.69, 9.17) is 0 Å². The van der Waals surface area contributed by atoms with Crippen molar-refractivity contribution in [3.05, 3.63) is 39.9 Å². The molecule has 2 nitrogen and oxygen atoms in total. The number of rotatable bonds is 2. The molecular weight excluding hydrogens is 262 g/mol. The Hall–Kier alpha value is -1.00. The first-order valence-corrected chi connectivity index (χ1v) is 5.59. The smallest absolute Gasteiger partial charge is 0.178 e. The number of aromatic nitrogens is 1. The van der Waals surface area contributed by atoms with Crippen LogP contribution in [0, 0.1) is 0 Å². The summed E-state index contributed by atoms with van der Waals surface area (Å²) >= 11 is 4.72. The van der Waals surface area contributed by atoms with Crippen molar-refractivity contribution in [2.45, 2.75) is 0 Å². The van der Waals surface area contributed by atoms with Crippen molar-refractivity contribution >= 4 is 33.6 Å². The lowest BCUT2D eigenvalue weighted by atomic mass is 10.2. The number of carbonyl (C=O) groups is 1. The van der Waals surface area contributed by atoms with E-state index in [1.165, 1.54) is 11.3 Å². The third-order valence-electron chi connectivity index (χ3n) is 1.74. The van der Waals surface area contributed by atoms with Crippen molar-refractivity contribution in [2.24, 2.45) is 0 Å². The molecule has 0 radical (unpaired) electrons. The van der Waals surface area contributed by atoms with Gasteiger partial charge in [-0.3, -0.25) is 4.79 Å². The lowest BCUT2D eigenvalue weighted by Crippen LogP contribution is -1.73. The van der Waals surface area contributed by atoms with Gasteiger partial charge in [0.25, 0.3) is 0 Å². The van der Waals surface area contributed by atoms with Gasteiger partial charge in [-0.25, -0.2) is 4.98 Å². The van der Waals surface area contributed by atoms with Crippen LogP contribution in [-0.4, -0.2) is 11.3 Å². The molecule has 14 heavy (non-hydrogen) atoms. The molecule has 0 saturated heterocycles. The van der Waals surface area contributed by atoms with Crippen LogP contribution in [-0.2, 0) is 0 Å². The first-order chi connectivity index (χ1) is 6.81. The molecule has 1 aromatic carbocycles. The van der Waals surface area contributed by atoms with Crippen LogP contribution < -0.4 is 0 Å². The molecule has 0 aliphatic rings. The quantitative estimate of drug-likeness (QED) is 0.781. The molecule has 2 aromatic rings. The Labute approximate surface area is 93.7 Å². The van der Waals surface area contributed by atoms with Gasteiger partial charge in [-0.05, 0) is 21.5 Å². The Kier molecular flexibility index (Phi) is 2.74. The van der Waals surface area contributed by atoms with Gasteiger partial charge in [-0.2, -0.15) is 0 Å². The van der Waals surface area contributed by atoms with E-state index in [1.54, 1.807) is 0 Å². The van der Waals surface area contributed by atoms with Gasteiger partial charge in [0.2, 0.25) is 0 Å². The average Bonchev–Trinajstić information content (AvgIpc) is 2.61. The van der Waals surface area contributed by atoms with Crippen LogP contribution in [0.2, 0.25) is 0 Å². The van der Waals surface area contributed by atoms with E-state index in [-0.39, 0.29) is 0 Å². The van der Waals surface area contributed by atoms with Crippen molar-refractivity contribution in [3.63, 3.8) is 0 Å². The largest absolute Gasteiger partial charge is 0.295 e. The fourth-order valence-electron chi connectivity index (χ4n) is 1.13. The van der Waals surface area contributed by atoms with E-state index < -0.39 is 0 Å². The van der Waals surface area contributed by atoms with Gasteiger partial charge in [0.1, 0.15) is 4.60 Å². The maximum absolute atomic E-state index is 10.5. The van der Waals surface area contributed by atoms with Gasteiger partial charge >= 0.3 is 0 Å². The number of hydrogen-bond donors (Lipinski definition) is 0. The Morgan fingerprint density at radius 3 is 2.57 bits per heavy atom. The van der Waals surface area contributed by atoms with E-state index >= 15 is 0 Å². The fraction of sp³-hybridized carbons (Fsp3) is 0. The van der Waals surface area contributed by atoms with Crippen molar-refractivity contribution < 1.29 is 4.79 Å². The summed E-state index contributed by atoms with van der Waals surface area (Å²) < 4.78 is 0.732. The highest BCUT2D eigenvalue weighted by Gasteiger charge is 2.09. The molecule has 2 rings (SSSR count). The van der Waals surface area contributed by atoms with Crippen molar-refractivity contribution in [3.8, 4) is 10.4 Å². The van der Waals surface area contributed by atoms with E-state index in [2.05, 4.69) is 20.9 Å². The summed E-state index contributed by atoms with van der Waals surface area (Å²) in [6, 6.07) is 9.86. The van der Waals surface area contributed by atoms with Crippen LogP contribution in [0.1, 0.15) is 9.80 Å². The highest BCUT2D eigenvalue weighted by Crippen LogP contribution is 2.32. The second-order valence-electron chi connectivity index (χ2n) is 2.66. The molecule has 0 fully saturated rings. The summed E-state index contributed by atoms with van der Waals surface area (Å²) in [7, 11) is 0. The SMILES string of the molecule is O=Cc1nc(Br)c(-c2ccccc2)s1. The highest BCUT2D eigenvalue weighted by atomic mass is 79.9. The summed E-state index contributed by atoms with van der Waals surface area (Å²) in [5.41, 5.74) is 1.07. The molecule has 0 amide bonds. The Morgan fingerprint density at radius 1 is 1.29 bits per heavy atom. The minimum Gasteiger partial charge on any atom is -0.295 e. The molecule has 0 N–H and O–H groups in total. The lowest BCUT2D eigenvalue weighted by molar-refractivity contribution is 0.112. The second kappa shape index (κ2) is 4.02. The van der Waals surface area contributed by atoms with Crippen molar-refractivity contribution in [1.82, 2.24) is 4.98 Å². The first-order valence-electron chi connectivity index (χ1n) is 3.98. The number of nitrogens with zero attached hydrogens (tertiary/aromatic N) is 1. The summed E-state index contributed by atoms with van der Waals surface area (Å²) in [5, 5.41) is 0.496. The molecule has 1 aromatic heterocycles. The van der Waals surface area contributed by atoms with Crippen LogP contribution >= 0.6 is 27.3 Å². The molecule has 0 atom stereocenters. The number of halogens is 1. The van der Waals surface area contributed by atoms with Crippen LogP contribution in [0.5, 0.6) is 0 Å². The van der Waals surface area contributed by atoms with Gasteiger partial charge in [-0.15, -0.1) is 11.3 Å². The molecule has 0 unspecified atom stereocenters. The molecule has 0 spiro atoms. The first kappa shape index (κ1) is 9.55. The second-order valence-corrected chi connectivity index (χ2v) is 4.44. The van der Waals surface area contributed by atoms with E-state index in [1.807, 2.05) is 30.3 Å². The molecule has 70 valence electrons. The summed E-state index contributed by atoms with van der Waals surface area (Å²) in [6.45, 7) is 0. The lowest BCUT2D eigenvalue weighted by Gasteiger charge is -1.95. The molecule has 0 aliphatic heterocycles. The van der Waals surface area contributed by atoms with E-state index in [0.717, 1.165) is 21.3 Å². The zero-order chi connectivity index (χ0) is 9.97. The van der Waals surface area contributed by atoms with Gasteiger partial charge in [-0.1, -0.05) is 30.3 Å². The number of thiazole rings is 1. The molecule has 0 saturated carbocycles. The molecule has 4 heteroatoms. The van der Waals surface area contributed by atoms with Crippen LogP contribution in [0.25, 0.3) is 10.4 Å².